The first-order chi connectivity index (χ1) is 11.7. The minimum absolute atomic E-state index is 0.00134. The number of carboxylic acids is 1. The van der Waals surface area contributed by atoms with E-state index in [9.17, 15) is 24.6 Å². The third-order valence-corrected chi connectivity index (χ3v) is 3.89. The van der Waals surface area contributed by atoms with E-state index >= 15 is 0 Å². The summed E-state index contributed by atoms with van der Waals surface area (Å²) < 4.78 is 5.06. The third-order valence-electron chi connectivity index (χ3n) is 3.89. The lowest BCUT2D eigenvalue weighted by Gasteiger charge is -2.14. The number of aromatic hydroxyl groups is 2. The molecule has 25 heavy (non-hydrogen) atoms. The molecule has 0 aliphatic rings. The van der Waals surface area contributed by atoms with Gasteiger partial charge >= 0.3 is 11.6 Å². The quantitative estimate of drug-likeness (QED) is 0.579. The lowest BCUT2D eigenvalue weighted by molar-refractivity contribution is -0.141. The Morgan fingerprint density at radius 3 is 2.56 bits per heavy atom. The lowest BCUT2D eigenvalue weighted by Crippen LogP contribution is -2.41. The van der Waals surface area contributed by atoms with Gasteiger partial charge in [0.1, 0.15) is 23.1 Å². The van der Waals surface area contributed by atoms with Crippen LogP contribution in [0.15, 0.2) is 21.3 Å². The van der Waals surface area contributed by atoms with E-state index in [1.54, 1.807) is 13.8 Å². The van der Waals surface area contributed by atoms with E-state index in [0.717, 1.165) is 6.07 Å². The van der Waals surface area contributed by atoms with Gasteiger partial charge < -0.3 is 25.1 Å². The van der Waals surface area contributed by atoms with Gasteiger partial charge in [-0.1, -0.05) is 13.3 Å². The Balaban J connectivity index is 2.37. The Morgan fingerprint density at radius 1 is 1.28 bits per heavy atom. The molecule has 1 heterocycles. The smallest absolute Gasteiger partial charge is 0.340 e. The number of carbonyl (C=O) groups excluding carboxylic acids is 1. The van der Waals surface area contributed by atoms with Crippen LogP contribution in [-0.4, -0.2) is 33.2 Å². The van der Waals surface area contributed by atoms with Crippen molar-refractivity contribution in [1.82, 2.24) is 5.32 Å². The number of rotatable bonds is 6. The molecule has 0 aliphatic carbocycles. The van der Waals surface area contributed by atoms with Gasteiger partial charge in [0, 0.05) is 12.1 Å². The zero-order chi connectivity index (χ0) is 18.7. The average Bonchev–Trinajstić information content (AvgIpc) is 2.49. The zero-order valence-electron chi connectivity index (χ0n) is 13.8. The van der Waals surface area contributed by atoms with Gasteiger partial charge in [-0.25, -0.2) is 9.59 Å². The van der Waals surface area contributed by atoms with Crippen LogP contribution in [0.1, 0.15) is 30.9 Å². The molecular formula is C17H19NO7. The molecule has 8 heteroatoms. The van der Waals surface area contributed by atoms with Crippen LogP contribution in [-0.2, 0) is 16.0 Å². The molecule has 0 fully saturated rings. The molecule has 2 aromatic rings. The van der Waals surface area contributed by atoms with E-state index in [1.165, 1.54) is 6.07 Å². The molecule has 0 aliphatic heterocycles. The molecule has 0 saturated carbocycles. The standard InChI is InChI=1S/C17H19NO7/c1-3-4-11(16(22)23)18-14(21)7-10-8(2)15-12(20)5-9(19)6-13(15)25-17(10)24/h5-6,11,19-20H,3-4,7H2,1-2H3,(H,18,21)(H,22,23). The fraction of sp³-hybridized carbons (Fsp3) is 0.353. The maximum Gasteiger partial charge on any atom is 0.340 e. The number of hydrogen-bond donors (Lipinski definition) is 4. The fourth-order valence-electron chi connectivity index (χ4n) is 2.67. The maximum atomic E-state index is 12.1. The summed E-state index contributed by atoms with van der Waals surface area (Å²) in [6.07, 6.45) is 0.468. The molecule has 1 unspecified atom stereocenters. The molecule has 8 nitrogen and oxygen atoms in total. The Bertz CT molecular complexity index is 885. The molecule has 1 aromatic heterocycles. The van der Waals surface area contributed by atoms with E-state index in [0.29, 0.717) is 12.0 Å². The zero-order valence-corrected chi connectivity index (χ0v) is 13.8. The predicted octanol–water partition coefficient (Wildman–Crippen LogP) is 1.42. The molecule has 1 atom stereocenters. The molecule has 2 rings (SSSR count). The Kier molecular flexibility index (Phi) is 5.31. The van der Waals surface area contributed by atoms with Gasteiger partial charge in [0.2, 0.25) is 5.91 Å². The maximum absolute atomic E-state index is 12.1. The second-order valence-electron chi connectivity index (χ2n) is 5.75. The number of aliphatic carboxylic acids is 1. The summed E-state index contributed by atoms with van der Waals surface area (Å²) in [7, 11) is 0. The van der Waals surface area contributed by atoms with E-state index in [4.69, 9.17) is 9.52 Å². The van der Waals surface area contributed by atoms with Crippen molar-refractivity contribution in [3.63, 3.8) is 0 Å². The van der Waals surface area contributed by atoms with Crippen molar-refractivity contribution in [1.29, 1.82) is 0 Å². The molecule has 1 aromatic carbocycles. The molecule has 0 bridgehead atoms. The lowest BCUT2D eigenvalue weighted by atomic mass is 10.0. The Morgan fingerprint density at radius 2 is 1.96 bits per heavy atom. The monoisotopic (exact) mass is 349 g/mol. The first-order valence-electron chi connectivity index (χ1n) is 7.75. The van der Waals surface area contributed by atoms with Crippen molar-refractivity contribution in [3.05, 3.63) is 33.7 Å². The number of benzene rings is 1. The first kappa shape index (κ1) is 18.3. The highest BCUT2D eigenvalue weighted by molar-refractivity contribution is 5.90. The van der Waals surface area contributed by atoms with E-state index in [1.807, 2.05) is 0 Å². The molecule has 0 radical (unpaired) electrons. The molecule has 0 saturated heterocycles. The van der Waals surface area contributed by atoms with Gasteiger partial charge in [-0.3, -0.25) is 4.79 Å². The van der Waals surface area contributed by atoms with Crippen LogP contribution >= 0.6 is 0 Å². The Labute approximate surface area is 142 Å². The van der Waals surface area contributed by atoms with Crippen LogP contribution in [0.4, 0.5) is 0 Å². The number of aryl methyl sites for hydroxylation is 1. The fourth-order valence-corrected chi connectivity index (χ4v) is 2.67. The highest BCUT2D eigenvalue weighted by atomic mass is 16.4. The van der Waals surface area contributed by atoms with Crippen LogP contribution in [0.2, 0.25) is 0 Å². The molecular weight excluding hydrogens is 330 g/mol. The largest absolute Gasteiger partial charge is 0.508 e. The number of nitrogens with one attached hydrogen (secondary N) is 1. The summed E-state index contributed by atoms with van der Waals surface area (Å²) in [5.41, 5.74) is -0.432. The number of amides is 1. The minimum atomic E-state index is -1.15. The number of hydrogen-bond acceptors (Lipinski definition) is 6. The van der Waals surface area contributed by atoms with Crippen LogP contribution in [0, 0.1) is 6.92 Å². The van der Waals surface area contributed by atoms with Gasteiger partial charge in [0.25, 0.3) is 0 Å². The summed E-state index contributed by atoms with van der Waals surface area (Å²) in [6.45, 7) is 3.34. The van der Waals surface area contributed by atoms with E-state index in [2.05, 4.69) is 5.32 Å². The number of carbonyl (C=O) groups is 2. The summed E-state index contributed by atoms with van der Waals surface area (Å²) in [5.74, 6) is -2.33. The number of phenolic OH excluding ortho intramolecular Hbond substituents is 2. The third kappa shape index (κ3) is 3.90. The molecule has 134 valence electrons. The number of carboxylic acid groups (broad SMARTS) is 1. The SMILES string of the molecule is CCCC(NC(=O)Cc1c(C)c2c(O)cc(O)cc2oc1=O)C(=O)O. The highest BCUT2D eigenvalue weighted by Crippen LogP contribution is 2.32. The van der Waals surface area contributed by atoms with Gasteiger partial charge in [0.05, 0.1) is 17.4 Å². The van der Waals surface area contributed by atoms with Crippen molar-refractivity contribution in [2.75, 3.05) is 0 Å². The molecule has 4 N–H and O–H groups in total. The average molecular weight is 349 g/mol. The van der Waals surface area contributed by atoms with Crippen LogP contribution in [0.5, 0.6) is 11.5 Å². The number of fused-ring (bicyclic) bond motifs is 1. The summed E-state index contributed by atoms with van der Waals surface area (Å²) in [5, 5.41) is 31.1. The number of phenols is 2. The van der Waals surface area contributed by atoms with Gasteiger partial charge in [0.15, 0.2) is 0 Å². The summed E-state index contributed by atoms with van der Waals surface area (Å²) in [4.78, 5) is 35.4. The first-order valence-corrected chi connectivity index (χ1v) is 7.75. The molecule has 1 amide bonds. The van der Waals surface area contributed by atoms with Crippen LogP contribution in [0.25, 0.3) is 11.0 Å². The normalized spacial score (nSPS) is 12.1. The van der Waals surface area contributed by atoms with E-state index in [-0.39, 0.29) is 40.9 Å². The van der Waals surface area contributed by atoms with Gasteiger partial charge in [-0.05, 0) is 18.9 Å². The van der Waals surface area contributed by atoms with Gasteiger partial charge in [-0.15, -0.1) is 0 Å². The van der Waals surface area contributed by atoms with Crippen molar-refractivity contribution in [3.8, 4) is 11.5 Å². The summed E-state index contributed by atoms with van der Waals surface area (Å²) >= 11 is 0. The second-order valence-corrected chi connectivity index (χ2v) is 5.75. The van der Waals surface area contributed by atoms with Crippen LogP contribution in [0.3, 0.4) is 0 Å². The van der Waals surface area contributed by atoms with Gasteiger partial charge in [-0.2, -0.15) is 0 Å². The van der Waals surface area contributed by atoms with Crippen molar-refractivity contribution >= 4 is 22.8 Å². The Hall–Kier alpha value is -3.03. The van der Waals surface area contributed by atoms with Crippen molar-refractivity contribution < 1.29 is 29.3 Å². The topological polar surface area (TPSA) is 137 Å². The minimum Gasteiger partial charge on any atom is -0.508 e. The highest BCUT2D eigenvalue weighted by Gasteiger charge is 2.22. The van der Waals surface area contributed by atoms with Crippen LogP contribution < -0.4 is 10.9 Å². The van der Waals surface area contributed by atoms with Crippen molar-refractivity contribution in [2.45, 2.75) is 39.2 Å². The second kappa shape index (κ2) is 7.25. The summed E-state index contributed by atoms with van der Waals surface area (Å²) in [6, 6.07) is 1.26. The predicted molar refractivity (Wildman–Crippen MR) is 88.7 cm³/mol. The van der Waals surface area contributed by atoms with E-state index < -0.39 is 23.5 Å². The molecule has 0 spiro atoms. The van der Waals surface area contributed by atoms with Crippen molar-refractivity contribution in [2.24, 2.45) is 0 Å².